The highest BCUT2D eigenvalue weighted by Crippen LogP contribution is 2.32. The number of likely N-dealkylation sites (tertiary alicyclic amines) is 1. The predicted octanol–water partition coefficient (Wildman–Crippen LogP) is 3.59. The summed E-state index contributed by atoms with van der Waals surface area (Å²) in [7, 11) is 2.03. The van der Waals surface area contributed by atoms with Gasteiger partial charge in [0.25, 0.3) is 0 Å². The Balaban J connectivity index is 2.11. The van der Waals surface area contributed by atoms with E-state index < -0.39 is 11.7 Å². The van der Waals surface area contributed by atoms with E-state index in [0.29, 0.717) is 10.3 Å². The fraction of sp³-hybridized carbons (Fsp3) is 0.462. The third-order valence-corrected chi connectivity index (χ3v) is 4.07. The van der Waals surface area contributed by atoms with Gasteiger partial charge in [0.1, 0.15) is 0 Å². The van der Waals surface area contributed by atoms with Gasteiger partial charge in [0, 0.05) is 6.54 Å². The van der Waals surface area contributed by atoms with Crippen LogP contribution in [0.2, 0.25) is 0 Å². The number of halogens is 3. The van der Waals surface area contributed by atoms with E-state index in [4.69, 9.17) is 12.2 Å². The number of nitrogens with one attached hydrogen (secondary N) is 1. The van der Waals surface area contributed by atoms with Crippen molar-refractivity contribution >= 4 is 23.3 Å². The number of nitrogens with zero attached hydrogens (tertiary/aromatic N) is 2. The second kappa shape index (κ2) is 4.60. The lowest BCUT2D eigenvalue weighted by Crippen LogP contribution is -2.16. The molecule has 108 valence electrons. The maximum Gasteiger partial charge on any atom is 0.416 e. The van der Waals surface area contributed by atoms with Crippen molar-refractivity contribution < 1.29 is 13.2 Å². The molecule has 1 fully saturated rings. The van der Waals surface area contributed by atoms with Gasteiger partial charge in [-0.25, -0.2) is 0 Å². The van der Waals surface area contributed by atoms with Crippen molar-refractivity contribution in [3.63, 3.8) is 0 Å². The molecule has 0 saturated carbocycles. The molecule has 3 rings (SSSR count). The highest BCUT2D eigenvalue weighted by atomic mass is 32.1. The first-order chi connectivity index (χ1) is 9.36. The molecule has 1 N–H and O–H groups in total. The molecule has 1 saturated heterocycles. The summed E-state index contributed by atoms with van der Waals surface area (Å²) in [6, 6.07) is 3.96. The van der Waals surface area contributed by atoms with Crippen LogP contribution in [0.25, 0.3) is 11.0 Å². The van der Waals surface area contributed by atoms with E-state index in [1.807, 2.05) is 11.6 Å². The molecule has 2 heterocycles. The first kappa shape index (κ1) is 13.6. The standard InChI is InChI=1S/C13H14F3N3S/c1-18-5-4-9(7-18)19-11-3-2-8(13(14,15)16)6-10(11)17-12(19)20/h2-3,6,9H,4-5,7H2,1H3,(H,17,20). The van der Waals surface area contributed by atoms with E-state index in [1.165, 1.54) is 6.07 Å². The summed E-state index contributed by atoms with van der Waals surface area (Å²) in [5.74, 6) is 0. The van der Waals surface area contributed by atoms with Gasteiger partial charge in [-0.1, -0.05) is 0 Å². The first-order valence-corrected chi connectivity index (χ1v) is 6.77. The number of rotatable bonds is 1. The Bertz CT molecular complexity index is 701. The topological polar surface area (TPSA) is 24.0 Å². The van der Waals surface area contributed by atoms with Gasteiger partial charge in [-0.2, -0.15) is 13.2 Å². The largest absolute Gasteiger partial charge is 0.416 e. The van der Waals surface area contributed by atoms with E-state index in [2.05, 4.69) is 9.88 Å². The lowest BCUT2D eigenvalue weighted by atomic mass is 10.2. The van der Waals surface area contributed by atoms with Crippen LogP contribution >= 0.6 is 12.2 Å². The van der Waals surface area contributed by atoms with Crippen molar-refractivity contribution in [2.75, 3.05) is 20.1 Å². The van der Waals surface area contributed by atoms with Gasteiger partial charge >= 0.3 is 6.18 Å². The number of benzene rings is 1. The molecule has 1 atom stereocenters. The van der Waals surface area contributed by atoms with Gasteiger partial charge in [0.05, 0.1) is 22.6 Å². The number of aromatic nitrogens is 2. The molecular weight excluding hydrogens is 287 g/mol. The van der Waals surface area contributed by atoms with E-state index in [0.717, 1.165) is 37.2 Å². The van der Waals surface area contributed by atoms with Gasteiger partial charge < -0.3 is 14.5 Å². The fourth-order valence-electron chi connectivity index (χ4n) is 2.79. The number of likely N-dealkylation sites (N-methyl/N-ethyl adjacent to an activating group) is 1. The average Bonchev–Trinajstić information content (AvgIpc) is 2.89. The van der Waals surface area contributed by atoms with Crippen LogP contribution in [-0.4, -0.2) is 34.6 Å². The molecule has 1 aliphatic rings. The Labute approximate surface area is 119 Å². The molecule has 0 spiro atoms. The summed E-state index contributed by atoms with van der Waals surface area (Å²) in [6.07, 6.45) is -3.38. The zero-order valence-electron chi connectivity index (χ0n) is 10.9. The van der Waals surface area contributed by atoms with Gasteiger partial charge in [0.2, 0.25) is 0 Å². The van der Waals surface area contributed by atoms with Gasteiger partial charge in [0.15, 0.2) is 4.77 Å². The summed E-state index contributed by atoms with van der Waals surface area (Å²) < 4.78 is 40.6. The molecule has 20 heavy (non-hydrogen) atoms. The molecule has 1 aromatic heterocycles. The van der Waals surface area contributed by atoms with Crippen LogP contribution in [0, 0.1) is 4.77 Å². The molecule has 1 unspecified atom stereocenters. The van der Waals surface area contributed by atoms with Crippen LogP contribution in [0.1, 0.15) is 18.0 Å². The number of hydrogen-bond acceptors (Lipinski definition) is 2. The monoisotopic (exact) mass is 301 g/mol. The Morgan fingerprint density at radius 2 is 2.10 bits per heavy atom. The third kappa shape index (κ3) is 2.25. The van der Waals surface area contributed by atoms with E-state index in [9.17, 15) is 13.2 Å². The zero-order chi connectivity index (χ0) is 14.5. The molecule has 0 aliphatic carbocycles. The summed E-state index contributed by atoms with van der Waals surface area (Å²) in [5.41, 5.74) is 0.527. The minimum Gasteiger partial charge on any atom is -0.331 e. The lowest BCUT2D eigenvalue weighted by Gasteiger charge is -2.14. The molecule has 0 bridgehead atoms. The molecule has 3 nitrogen and oxygen atoms in total. The number of imidazole rings is 1. The van der Waals surface area contributed by atoms with E-state index in [-0.39, 0.29) is 6.04 Å². The number of hydrogen-bond donors (Lipinski definition) is 1. The smallest absolute Gasteiger partial charge is 0.331 e. The maximum atomic E-state index is 12.7. The summed E-state index contributed by atoms with van der Waals surface area (Å²) in [4.78, 5) is 5.08. The second-order valence-corrected chi connectivity index (χ2v) is 5.62. The summed E-state index contributed by atoms with van der Waals surface area (Å²) >= 11 is 5.27. The Morgan fingerprint density at radius 3 is 2.70 bits per heavy atom. The van der Waals surface area contributed by atoms with Gasteiger partial charge in [-0.3, -0.25) is 0 Å². The Kier molecular flexibility index (Phi) is 3.13. The molecule has 1 aromatic carbocycles. The number of H-pyrrole nitrogens is 1. The maximum absolute atomic E-state index is 12.7. The van der Waals surface area contributed by atoms with E-state index >= 15 is 0 Å². The Hall–Kier alpha value is -1.34. The number of fused-ring (bicyclic) bond motifs is 1. The van der Waals surface area contributed by atoms with Crippen molar-refractivity contribution in [1.29, 1.82) is 0 Å². The summed E-state index contributed by atoms with van der Waals surface area (Å²) in [6.45, 7) is 1.84. The normalized spacial score (nSPS) is 20.9. The van der Waals surface area contributed by atoms with Crippen LogP contribution in [-0.2, 0) is 6.18 Å². The van der Waals surface area contributed by atoms with Gasteiger partial charge in [-0.05, 0) is 50.4 Å². The third-order valence-electron chi connectivity index (χ3n) is 3.78. The zero-order valence-corrected chi connectivity index (χ0v) is 11.7. The minimum absolute atomic E-state index is 0.220. The van der Waals surface area contributed by atoms with Crippen LogP contribution in [0.15, 0.2) is 18.2 Å². The summed E-state index contributed by atoms with van der Waals surface area (Å²) in [5, 5.41) is 0. The van der Waals surface area contributed by atoms with Crippen LogP contribution in [0.3, 0.4) is 0 Å². The van der Waals surface area contributed by atoms with Crippen molar-refractivity contribution in [2.24, 2.45) is 0 Å². The average molecular weight is 301 g/mol. The first-order valence-electron chi connectivity index (χ1n) is 6.36. The highest BCUT2D eigenvalue weighted by Gasteiger charge is 2.31. The predicted molar refractivity (Wildman–Crippen MR) is 73.3 cm³/mol. The molecular formula is C13H14F3N3S. The van der Waals surface area contributed by atoms with Crippen molar-refractivity contribution in [3.05, 3.63) is 28.5 Å². The minimum atomic E-state index is -4.33. The van der Waals surface area contributed by atoms with Crippen LogP contribution in [0.5, 0.6) is 0 Å². The Morgan fingerprint density at radius 1 is 1.35 bits per heavy atom. The lowest BCUT2D eigenvalue weighted by molar-refractivity contribution is -0.137. The molecule has 0 radical (unpaired) electrons. The molecule has 2 aromatic rings. The number of aromatic amines is 1. The molecule has 1 aliphatic heterocycles. The van der Waals surface area contributed by atoms with Crippen LogP contribution in [0.4, 0.5) is 13.2 Å². The van der Waals surface area contributed by atoms with Crippen molar-refractivity contribution in [3.8, 4) is 0 Å². The number of alkyl halides is 3. The van der Waals surface area contributed by atoms with Crippen molar-refractivity contribution in [1.82, 2.24) is 14.5 Å². The molecule has 0 amide bonds. The second-order valence-electron chi connectivity index (χ2n) is 5.23. The SMILES string of the molecule is CN1CCC(n2c(=S)[nH]c3cc(C(F)(F)F)ccc32)C1. The quantitative estimate of drug-likeness (QED) is 0.814. The van der Waals surface area contributed by atoms with Crippen molar-refractivity contribution in [2.45, 2.75) is 18.6 Å². The van der Waals surface area contributed by atoms with Crippen LogP contribution < -0.4 is 0 Å². The van der Waals surface area contributed by atoms with E-state index in [1.54, 1.807) is 0 Å². The van der Waals surface area contributed by atoms with Gasteiger partial charge in [-0.15, -0.1) is 0 Å². The molecule has 7 heteroatoms. The fourth-order valence-corrected chi connectivity index (χ4v) is 3.15. The highest BCUT2D eigenvalue weighted by molar-refractivity contribution is 7.71.